The van der Waals surface area contributed by atoms with E-state index in [0.29, 0.717) is 18.0 Å². The van der Waals surface area contributed by atoms with Gasteiger partial charge in [0.1, 0.15) is 5.65 Å². The van der Waals surface area contributed by atoms with E-state index < -0.39 is 5.97 Å². The lowest BCUT2D eigenvalue weighted by Gasteiger charge is -2.16. The summed E-state index contributed by atoms with van der Waals surface area (Å²) in [6.45, 7) is 0.603. The number of anilines is 1. The summed E-state index contributed by atoms with van der Waals surface area (Å²) in [5.74, 6) is -0.516. The number of halogens is 1. The van der Waals surface area contributed by atoms with E-state index in [0.717, 1.165) is 9.35 Å². The fourth-order valence-electron chi connectivity index (χ4n) is 2.23. The third-order valence-electron chi connectivity index (χ3n) is 3.12. The first kappa shape index (κ1) is 14.1. The summed E-state index contributed by atoms with van der Waals surface area (Å²) in [6.07, 6.45) is 1.71. The molecule has 5 nitrogen and oxygen atoms in total. The predicted molar refractivity (Wildman–Crippen MR) is 86.3 cm³/mol. The van der Waals surface area contributed by atoms with Crippen LogP contribution < -0.4 is 4.90 Å². The van der Waals surface area contributed by atoms with Crippen LogP contribution in [0, 0.1) is 0 Å². The zero-order chi connectivity index (χ0) is 15.0. The van der Waals surface area contributed by atoms with Gasteiger partial charge in [0.15, 0.2) is 11.5 Å². The molecule has 0 aliphatic carbocycles. The van der Waals surface area contributed by atoms with E-state index in [-0.39, 0.29) is 5.69 Å². The lowest BCUT2D eigenvalue weighted by molar-refractivity contribution is 0.0690. The summed E-state index contributed by atoms with van der Waals surface area (Å²) >= 11 is 5.04. The summed E-state index contributed by atoms with van der Waals surface area (Å²) < 4.78 is 2.65. The van der Waals surface area contributed by atoms with Gasteiger partial charge in [0.05, 0.1) is 3.79 Å². The lowest BCUT2D eigenvalue weighted by atomic mass is 10.3. The molecule has 0 fully saturated rings. The van der Waals surface area contributed by atoms with Crippen molar-refractivity contribution < 1.29 is 9.90 Å². The Hall–Kier alpha value is -1.86. The van der Waals surface area contributed by atoms with Gasteiger partial charge in [-0.05, 0) is 45.1 Å². The van der Waals surface area contributed by atoms with Crippen molar-refractivity contribution in [2.45, 2.75) is 6.54 Å². The van der Waals surface area contributed by atoms with Crippen LogP contribution in [0.1, 0.15) is 16.1 Å². The molecule has 1 N–H and O–H groups in total. The van der Waals surface area contributed by atoms with Gasteiger partial charge in [0.2, 0.25) is 0 Å². The second-order valence-electron chi connectivity index (χ2n) is 4.63. The number of hydrogen-bond acceptors (Lipinski definition) is 4. The Balaban J connectivity index is 2.02. The molecule has 0 unspecified atom stereocenters. The maximum atomic E-state index is 11.6. The summed E-state index contributed by atoms with van der Waals surface area (Å²) in [4.78, 5) is 17.9. The van der Waals surface area contributed by atoms with Gasteiger partial charge in [-0.25, -0.2) is 9.78 Å². The molecule has 3 rings (SSSR count). The lowest BCUT2D eigenvalue weighted by Crippen LogP contribution is -2.19. The minimum Gasteiger partial charge on any atom is -0.476 e. The predicted octanol–water partition coefficient (Wildman–Crippen LogP) is 3.49. The Morgan fingerprint density at radius 1 is 1.52 bits per heavy atom. The Bertz CT molecular complexity index is 812. The van der Waals surface area contributed by atoms with Crippen LogP contribution in [0.15, 0.2) is 39.6 Å². The second kappa shape index (κ2) is 5.50. The molecule has 0 radical (unpaired) electrons. The van der Waals surface area contributed by atoms with Crippen molar-refractivity contribution in [1.29, 1.82) is 0 Å². The van der Waals surface area contributed by atoms with Crippen LogP contribution in [0.5, 0.6) is 0 Å². The number of pyridine rings is 1. The third kappa shape index (κ3) is 2.66. The number of nitrogens with zero attached hydrogens (tertiary/aromatic N) is 3. The maximum Gasteiger partial charge on any atom is 0.356 e. The Morgan fingerprint density at radius 3 is 3.00 bits per heavy atom. The van der Waals surface area contributed by atoms with Crippen LogP contribution in [0.25, 0.3) is 5.65 Å². The molecule has 0 saturated heterocycles. The van der Waals surface area contributed by atoms with Crippen molar-refractivity contribution in [3.05, 3.63) is 50.9 Å². The summed E-state index contributed by atoms with van der Waals surface area (Å²) in [5, 5.41) is 11.5. The summed E-state index contributed by atoms with van der Waals surface area (Å²) in [7, 11) is 1.85. The highest BCUT2D eigenvalue weighted by atomic mass is 79.9. The summed E-state index contributed by atoms with van der Waals surface area (Å²) in [5.41, 5.74) is 1.92. The maximum absolute atomic E-state index is 11.6. The van der Waals surface area contributed by atoms with E-state index in [2.05, 4.69) is 20.9 Å². The topological polar surface area (TPSA) is 57.8 Å². The largest absolute Gasteiger partial charge is 0.476 e. The monoisotopic (exact) mass is 365 g/mol. The molecule has 0 aromatic carbocycles. The molecule has 0 saturated carbocycles. The van der Waals surface area contributed by atoms with Crippen LogP contribution in [0.2, 0.25) is 0 Å². The first-order valence-electron chi connectivity index (χ1n) is 6.20. The number of imidazole rings is 1. The number of rotatable bonds is 4. The second-order valence-corrected chi connectivity index (χ2v) is 6.92. The zero-order valence-electron chi connectivity index (χ0n) is 11.2. The average Bonchev–Trinajstić information content (AvgIpc) is 3.02. The van der Waals surface area contributed by atoms with Crippen LogP contribution in [0.4, 0.5) is 5.82 Å². The van der Waals surface area contributed by atoms with E-state index in [9.17, 15) is 9.90 Å². The van der Waals surface area contributed by atoms with Gasteiger partial charge in [-0.3, -0.25) is 4.40 Å². The van der Waals surface area contributed by atoms with Crippen molar-refractivity contribution in [3.63, 3.8) is 0 Å². The normalized spacial score (nSPS) is 11.0. The standard InChI is InChI=1S/C14H12BrN3O2S/c1-17(7-9-6-10(15)21-8-9)13-12(14(19)20)18-5-3-2-4-11(18)16-13/h2-6,8H,7H2,1H3,(H,19,20). The molecule has 0 amide bonds. The fraction of sp³-hybridized carbons (Fsp3) is 0.143. The van der Waals surface area contributed by atoms with Gasteiger partial charge in [-0.15, -0.1) is 11.3 Å². The third-order valence-corrected chi connectivity index (χ3v) is 4.67. The Labute approximate surface area is 133 Å². The van der Waals surface area contributed by atoms with Crippen molar-refractivity contribution in [2.75, 3.05) is 11.9 Å². The molecule has 3 heterocycles. The molecular weight excluding hydrogens is 354 g/mol. The SMILES string of the molecule is CN(Cc1csc(Br)c1)c1nc2ccccn2c1C(=O)O. The van der Waals surface area contributed by atoms with Crippen molar-refractivity contribution in [3.8, 4) is 0 Å². The number of aromatic carboxylic acids is 1. The fourth-order valence-corrected chi connectivity index (χ4v) is 3.43. The number of hydrogen-bond donors (Lipinski definition) is 1. The smallest absolute Gasteiger partial charge is 0.356 e. The minimum atomic E-state index is -0.984. The van der Waals surface area contributed by atoms with E-state index in [4.69, 9.17) is 0 Å². The molecule has 0 aliphatic heterocycles. The molecule has 21 heavy (non-hydrogen) atoms. The van der Waals surface area contributed by atoms with Gasteiger partial charge >= 0.3 is 5.97 Å². The Kier molecular flexibility index (Phi) is 3.69. The molecule has 0 spiro atoms. The van der Waals surface area contributed by atoms with E-state index in [1.165, 1.54) is 0 Å². The van der Waals surface area contributed by atoms with Gasteiger partial charge in [-0.1, -0.05) is 6.07 Å². The van der Waals surface area contributed by atoms with Crippen molar-refractivity contribution >= 4 is 44.7 Å². The zero-order valence-corrected chi connectivity index (χ0v) is 13.6. The first-order valence-corrected chi connectivity index (χ1v) is 7.88. The minimum absolute atomic E-state index is 0.183. The number of thiophene rings is 1. The van der Waals surface area contributed by atoms with Crippen molar-refractivity contribution in [2.24, 2.45) is 0 Å². The van der Waals surface area contributed by atoms with E-state index >= 15 is 0 Å². The molecule has 0 atom stereocenters. The van der Waals surface area contributed by atoms with E-state index in [1.54, 1.807) is 34.1 Å². The van der Waals surface area contributed by atoms with Gasteiger partial charge in [0, 0.05) is 19.8 Å². The average molecular weight is 366 g/mol. The van der Waals surface area contributed by atoms with E-state index in [1.807, 2.05) is 29.5 Å². The van der Waals surface area contributed by atoms with Crippen LogP contribution >= 0.6 is 27.3 Å². The highest BCUT2D eigenvalue weighted by Crippen LogP contribution is 2.25. The van der Waals surface area contributed by atoms with Gasteiger partial charge in [0.25, 0.3) is 0 Å². The highest BCUT2D eigenvalue weighted by Gasteiger charge is 2.21. The molecule has 7 heteroatoms. The molecule has 0 bridgehead atoms. The van der Waals surface area contributed by atoms with Crippen LogP contribution in [-0.2, 0) is 6.54 Å². The molecule has 3 aromatic rings. The van der Waals surface area contributed by atoms with Crippen molar-refractivity contribution in [1.82, 2.24) is 9.38 Å². The number of carboxylic acids is 1. The number of aromatic nitrogens is 2. The number of fused-ring (bicyclic) bond motifs is 1. The molecule has 108 valence electrons. The van der Waals surface area contributed by atoms with Gasteiger partial charge in [-0.2, -0.15) is 0 Å². The summed E-state index contributed by atoms with van der Waals surface area (Å²) in [6, 6.07) is 7.46. The molecule has 0 aliphatic rings. The Morgan fingerprint density at radius 2 is 2.33 bits per heavy atom. The van der Waals surface area contributed by atoms with Crippen LogP contribution in [0.3, 0.4) is 0 Å². The quantitative estimate of drug-likeness (QED) is 0.768. The molecular formula is C14H12BrN3O2S. The first-order chi connectivity index (χ1) is 10.1. The molecule has 3 aromatic heterocycles. The number of carboxylic acid groups (broad SMARTS) is 1. The van der Waals surface area contributed by atoms with Gasteiger partial charge < -0.3 is 10.0 Å². The highest BCUT2D eigenvalue weighted by molar-refractivity contribution is 9.11. The number of carbonyl (C=O) groups is 1. The van der Waals surface area contributed by atoms with Crippen LogP contribution in [-0.4, -0.2) is 27.5 Å².